The molecule has 3 nitrogen and oxygen atoms in total. The number of hydrogen-bond donors (Lipinski definition) is 1. The lowest BCUT2D eigenvalue weighted by Gasteiger charge is -2.19. The highest BCUT2D eigenvalue weighted by Crippen LogP contribution is 2.24. The van der Waals surface area contributed by atoms with Crippen LogP contribution in [0.2, 0.25) is 0 Å². The molecule has 0 saturated carbocycles. The summed E-state index contributed by atoms with van der Waals surface area (Å²) in [6.45, 7) is 0.807. The third-order valence-corrected chi connectivity index (χ3v) is 3.47. The van der Waals surface area contributed by atoms with Gasteiger partial charge in [-0.1, -0.05) is 60.7 Å². The molecule has 0 saturated heterocycles. The van der Waals surface area contributed by atoms with Crippen LogP contribution in [0.25, 0.3) is 0 Å². The van der Waals surface area contributed by atoms with Crippen molar-refractivity contribution in [3.05, 3.63) is 90.5 Å². The van der Waals surface area contributed by atoms with Gasteiger partial charge in [-0.15, -0.1) is 0 Å². The molecule has 0 atom stereocenters. The number of nitrogens with zero attached hydrogens (tertiary/aromatic N) is 2. The maximum absolute atomic E-state index is 4.03. The molecule has 1 N–H and O–H groups in total. The number of aromatic nitrogens is 2. The van der Waals surface area contributed by atoms with Crippen molar-refractivity contribution in [3.63, 3.8) is 0 Å². The van der Waals surface area contributed by atoms with E-state index in [9.17, 15) is 0 Å². The molecule has 104 valence electrons. The summed E-state index contributed by atoms with van der Waals surface area (Å²) in [5.74, 6) is 0.299. The van der Waals surface area contributed by atoms with Crippen LogP contribution in [0.3, 0.4) is 0 Å². The van der Waals surface area contributed by atoms with Crippen LogP contribution in [0.15, 0.2) is 79.4 Å². The molecule has 0 aliphatic heterocycles. The number of nitrogens with one attached hydrogen (secondary N) is 1. The second-order valence-corrected chi connectivity index (χ2v) is 4.88. The van der Waals surface area contributed by atoms with Crippen LogP contribution in [0.4, 0.5) is 5.69 Å². The Balaban J connectivity index is 1.83. The first kappa shape index (κ1) is 13.3. The van der Waals surface area contributed by atoms with E-state index in [0.29, 0.717) is 5.92 Å². The summed E-state index contributed by atoms with van der Waals surface area (Å²) in [5.41, 5.74) is 3.54. The van der Waals surface area contributed by atoms with Gasteiger partial charge >= 0.3 is 0 Å². The van der Waals surface area contributed by atoms with Crippen molar-refractivity contribution in [3.8, 4) is 0 Å². The molecule has 0 radical (unpaired) electrons. The van der Waals surface area contributed by atoms with Crippen LogP contribution in [0.5, 0.6) is 0 Å². The number of benzene rings is 2. The van der Waals surface area contributed by atoms with Crippen molar-refractivity contribution in [1.29, 1.82) is 0 Å². The molecule has 1 aromatic heterocycles. The SMILES string of the molecule is c1ccc(C(CNc2cncnc2)c2ccccc2)cc1. The quantitative estimate of drug-likeness (QED) is 0.771. The van der Waals surface area contributed by atoms with Crippen LogP contribution in [0, 0.1) is 0 Å². The fourth-order valence-corrected chi connectivity index (χ4v) is 2.41. The predicted octanol–water partition coefficient (Wildman–Crippen LogP) is 3.72. The van der Waals surface area contributed by atoms with Gasteiger partial charge < -0.3 is 5.32 Å². The monoisotopic (exact) mass is 275 g/mol. The molecule has 0 fully saturated rings. The lowest BCUT2D eigenvalue weighted by Crippen LogP contribution is -2.14. The third kappa shape index (κ3) is 3.45. The first-order valence-corrected chi connectivity index (χ1v) is 7.02. The van der Waals surface area contributed by atoms with Crippen molar-refractivity contribution in [2.45, 2.75) is 5.92 Å². The maximum Gasteiger partial charge on any atom is 0.115 e. The normalized spacial score (nSPS) is 10.5. The Morgan fingerprint density at radius 2 is 1.29 bits per heavy atom. The van der Waals surface area contributed by atoms with E-state index in [2.05, 4.69) is 63.8 Å². The zero-order valence-electron chi connectivity index (χ0n) is 11.7. The topological polar surface area (TPSA) is 37.8 Å². The molecular formula is C18H17N3. The molecule has 3 aromatic rings. The van der Waals surface area contributed by atoms with E-state index in [0.717, 1.165) is 12.2 Å². The van der Waals surface area contributed by atoms with E-state index in [1.807, 2.05) is 12.1 Å². The first-order valence-electron chi connectivity index (χ1n) is 7.02. The van der Waals surface area contributed by atoms with Crippen LogP contribution in [-0.2, 0) is 0 Å². The highest BCUT2D eigenvalue weighted by Gasteiger charge is 2.13. The minimum absolute atomic E-state index is 0.299. The van der Waals surface area contributed by atoms with Gasteiger partial charge in [0.2, 0.25) is 0 Å². The zero-order valence-corrected chi connectivity index (χ0v) is 11.7. The lowest BCUT2D eigenvalue weighted by atomic mass is 9.91. The minimum Gasteiger partial charge on any atom is -0.382 e. The Labute approximate surface area is 124 Å². The molecule has 21 heavy (non-hydrogen) atoms. The molecule has 0 aliphatic rings. The Kier molecular flexibility index (Phi) is 4.22. The van der Waals surface area contributed by atoms with Crippen molar-refractivity contribution in [2.75, 3.05) is 11.9 Å². The molecule has 0 spiro atoms. The van der Waals surface area contributed by atoms with Crippen molar-refractivity contribution in [2.24, 2.45) is 0 Å². The van der Waals surface area contributed by atoms with Gasteiger partial charge in [0.05, 0.1) is 18.1 Å². The fourth-order valence-electron chi connectivity index (χ4n) is 2.41. The lowest BCUT2D eigenvalue weighted by molar-refractivity contribution is 0.851. The third-order valence-electron chi connectivity index (χ3n) is 3.47. The molecule has 0 aliphatic carbocycles. The van der Waals surface area contributed by atoms with Crippen molar-refractivity contribution < 1.29 is 0 Å². The second kappa shape index (κ2) is 6.66. The zero-order chi connectivity index (χ0) is 14.3. The summed E-state index contributed by atoms with van der Waals surface area (Å²) in [6.07, 6.45) is 5.12. The highest BCUT2D eigenvalue weighted by atomic mass is 14.9. The Bertz CT molecular complexity index is 614. The number of anilines is 1. The average molecular weight is 275 g/mol. The number of hydrogen-bond acceptors (Lipinski definition) is 3. The van der Waals surface area contributed by atoms with E-state index < -0.39 is 0 Å². The summed E-state index contributed by atoms with van der Waals surface area (Å²) in [6, 6.07) is 21.1. The van der Waals surface area contributed by atoms with Crippen LogP contribution in [0.1, 0.15) is 17.0 Å². The summed E-state index contributed by atoms with van der Waals surface area (Å²) in [7, 11) is 0. The van der Waals surface area contributed by atoms with Gasteiger partial charge in [0.25, 0.3) is 0 Å². The van der Waals surface area contributed by atoms with Gasteiger partial charge in [-0.25, -0.2) is 9.97 Å². The van der Waals surface area contributed by atoms with Gasteiger partial charge in [0.15, 0.2) is 0 Å². The first-order chi connectivity index (χ1) is 10.4. The van der Waals surface area contributed by atoms with Gasteiger partial charge in [-0.05, 0) is 11.1 Å². The van der Waals surface area contributed by atoms with Crippen LogP contribution >= 0.6 is 0 Å². The standard InChI is InChI=1S/C18H17N3/c1-3-7-15(8-4-1)18(16-9-5-2-6-10-16)13-21-17-11-19-14-20-12-17/h1-12,14,18,21H,13H2. The summed E-state index contributed by atoms with van der Waals surface area (Å²) in [4.78, 5) is 8.07. The largest absolute Gasteiger partial charge is 0.382 e. The van der Waals surface area contributed by atoms with E-state index in [4.69, 9.17) is 0 Å². The Morgan fingerprint density at radius 3 is 1.81 bits per heavy atom. The maximum atomic E-state index is 4.03. The smallest absolute Gasteiger partial charge is 0.115 e. The molecular weight excluding hydrogens is 258 g/mol. The molecule has 0 amide bonds. The van der Waals surface area contributed by atoms with Crippen LogP contribution in [-0.4, -0.2) is 16.5 Å². The average Bonchev–Trinajstić information content (AvgIpc) is 2.58. The van der Waals surface area contributed by atoms with Gasteiger partial charge in [-0.2, -0.15) is 0 Å². The number of rotatable bonds is 5. The predicted molar refractivity (Wildman–Crippen MR) is 85.2 cm³/mol. The van der Waals surface area contributed by atoms with Crippen molar-refractivity contribution in [1.82, 2.24) is 9.97 Å². The molecule has 2 aromatic carbocycles. The van der Waals surface area contributed by atoms with E-state index in [1.54, 1.807) is 12.4 Å². The molecule has 0 bridgehead atoms. The fraction of sp³-hybridized carbons (Fsp3) is 0.111. The summed E-state index contributed by atoms with van der Waals surface area (Å²) < 4.78 is 0. The molecule has 3 heteroatoms. The molecule has 1 heterocycles. The van der Waals surface area contributed by atoms with Gasteiger partial charge in [0.1, 0.15) is 6.33 Å². The molecule has 0 unspecified atom stereocenters. The van der Waals surface area contributed by atoms with Gasteiger partial charge in [-0.3, -0.25) is 0 Å². The van der Waals surface area contributed by atoms with Gasteiger partial charge in [0, 0.05) is 12.5 Å². The van der Waals surface area contributed by atoms with Crippen molar-refractivity contribution >= 4 is 5.69 Å². The molecule has 3 rings (SSSR count). The second-order valence-electron chi connectivity index (χ2n) is 4.88. The highest BCUT2D eigenvalue weighted by molar-refractivity contribution is 5.41. The minimum atomic E-state index is 0.299. The Morgan fingerprint density at radius 1 is 0.762 bits per heavy atom. The van der Waals surface area contributed by atoms with E-state index >= 15 is 0 Å². The van der Waals surface area contributed by atoms with Crippen LogP contribution < -0.4 is 5.32 Å². The van der Waals surface area contributed by atoms with E-state index in [1.165, 1.54) is 17.5 Å². The summed E-state index contributed by atoms with van der Waals surface area (Å²) >= 11 is 0. The summed E-state index contributed by atoms with van der Waals surface area (Å²) in [5, 5.41) is 3.42. The van der Waals surface area contributed by atoms with E-state index in [-0.39, 0.29) is 0 Å². The Hall–Kier alpha value is -2.68.